The van der Waals surface area contributed by atoms with Gasteiger partial charge in [0.05, 0.1) is 15.7 Å². The lowest BCUT2D eigenvalue weighted by atomic mass is 10.3. The third kappa shape index (κ3) is 4.41. The molecule has 0 fully saturated rings. The second-order valence-corrected chi connectivity index (χ2v) is 6.16. The molecule has 0 heterocycles. The highest BCUT2D eigenvalue weighted by molar-refractivity contribution is 9.10. The maximum absolute atomic E-state index is 12.1. The minimum Gasteiger partial charge on any atom is -0.399 e. The van der Waals surface area contributed by atoms with Gasteiger partial charge in [-0.25, -0.2) is 0 Å². The molecule has 0 radical (unpaired) electrons. The van der Waals surface area contributed by atoms with Crippen molar-refractivity contribution in [2.45, 2.75) is 18.7 Å². The number of nitrogens with zero attached hydrogens (tertiary/aromatic N) is 1. The van der Waals surface area contributed by atoms with Gasteiger partial charge >= 0.3 is 0 Å². The summed E-state index contributed by atoms with van der Waals surface area (Å²) in [7, 11) is -0.971. The Balaban J connectivity index is 2.64. The molecule has 2 N–H and O–H groups in total. The second-order valence-electron chi connectivity index (χ2n) is 3.77. The maximum atomic E-state index is 12.1. The molecule has 5 heteroatoms. The van der Waals surface area contributed by atoms with E-state index in [1.807, 2.05) is 6.07 Å². The Morgan fingerprint density at radius 1 is 1.35 bits per heavy atom. The van der Waals surface area contributed by atoms with Crippen molar-refractivity contribution in [2.75, 3.05) is 31.1 Å². The van der Waals surface area contributed by atoms with Crippen LogP contribution in [-0.4, -0.2) is 34.5 Å². The number of nitrogens with two attached hydrogens (primary N) is 1. The number of hydrogen-bond acceptors (Lipinski definition) is 3. The van der Waals surface area contributed by atoms with Crippen molar-refractivity contribution in [3.8, 4) is 0 Å². The van der Waals surface area contributed by atoms with Gasteiger partial charge in [0.25, 0.3) is 0 Å². The van der Waals surface area contributed by atoms with Crippen molar-refractivity contribution < 1.29 is 4.21 Å². The van der Waals surface area contributed by atoms with Gasteiger partial charge in [-0.2, -0.15) is 0 Å². The van der Waals surface area contributed by atoms with Gasteiger partial charge in [0, 0.05) is 22.5 Å². The molecule has 0 spiro atoms. The lowest BCUT2D eigenvalue weighted by Crippen LogP contribution is -2.27. The van der Waals surface area contributed by atoms with Crippen LogP contribution in [0.2, 0.25) is 0 Å². The summed E-state index contributed by atoms with van der Waals surface area (Å²) < 4.78 is 13.0. The fourth-order valence-corrected chi connectivity index (χ4v) is 3.64. The van der Waals surface area contributed by atoms with E-state index in [1.165, 1.54) is 0 Å². The largest absolute Gasteiger partial charge is 0.399 e. The maximum Gasteiger partial charge on any atom is 0.0554 e. The minimum atomic E-state index is -0.971. The van der Waals surface area contributed by atoms with E-state index in [2.05, 4.69) is 34.7 Å². The average molecular weight is 319 g/mol. The number of hydrogen-bond donors (Lipinski definition) is 1. The first-order valence-corrected chi connectivity index (χ1v) is 7.85. The molecule has 1 rings (SSSR count). The lowest BCUT2D eigenvalue weighted by molar-refractivity contribution is 0.323. The van der Waals surface area contributed by atoms with E-state index in [0.717, 1.165) is 29.0 Å². The van der Waals surface area contributed by atoms with E-state index >= 15 is 0 Å². The van der Waals surface area contributed by atoms with Crippen LogP contribution in [0.15, 0.2) is 27.6 Å². The number of rotatable bonds is 6. The van der Waals surface area contributed by atoms with Crippen molar-refractivity contribution in [3.05, 3.63) is 22.7 Å². The highest BCUT2D eigenvalue weighted by Gasteiger charge is 2.10. The van der Waals surface area contributed by atoms with Gasteiger partial charge in [-0.3, -0.25) is 4.21 Å². The highest BCUT2D eigenvalue weighted by Crippen LogP contribution is 2.23. The number of benzene rings is 1. The standard InChI is InChI=1S/C12H19BrN2OS/c1-3-15(4-2)7-8-17(16)12-6-5-10(14)9-11(12)13/h5-6,9H,3-4,7-8,14H2,1-2H3. The van der Waals surface area contributed by atoms with Gasteiger partial charge < -0.3 is 10.6 Å². The van der Waals surface area contributed by atoms with Crippen molar-refractivity contribution in [2.24, 2.45) is 0 Å². The molecular weight excluding hydrogens is 300 g/mol. The summed E-state index contributed by atoms with van der Waals surface area (Å²) in [6.45, 7) is 7.08. The molecule has 17 heavy (non-hydrogen) atoms. The van der Waals surface area contributed by atoms with Gasteiger partial charge in [-0.15, -0.1) is 0 Å². The van der Waals surface area contributed by atoms with Crippen LogP contribution in [-0.2, 0) is 10.8 Å². The normalized spacial score (nSPS) is 12.9. The molecule has 1 atom stereocenters. The highest BCUT2D eigenvalue weighted by atomic mass is 79.9. The Kier molecular flexibility index (Phi) is 6.16. The van der Waals surface area contributed by atoms with Gasteiger partial charge in [-0.1, -0.05) is 13.8 Å². The summed E-state index contributed by atoms with van der Waals surface area (Å²) in [6, 6.07) is 5.41. The first-order valence-electron chi connectivity index (χ1n) is 5.74. The first-order chi connectivity index (χ1) is 8.08. The minimum absolute atomic E-state index is 0.657. The summed E-state index contributed by atoms with van der Waals surface area (Å²) >= 11 is 3.40. The smallest absolute Gasteiger partial charge is 0.0554 e. The topological polar surface area (TPSA) is 46.3 Å². The molecule has 96 valence electrons. The van der Waals surface area contributed by atoms with E-state index in [0.29, 0.717) is 11.4 Å². The van der Waals surface area contributed by atoms with Crippen molar-refractivity contribution in [3.63, 3.8) is 0 Å². The Morgan fingerprint density at radius 3 is 2.53 bits per heavy atom. The molecule has 0 aromatic heterocycles. The molecule has 0 bridgehead atoms. The van der Waals surface area contributed by atoms with Crippen molar-refractivity contribution in [1.29, 1.82) is 0 Å². The molecule has 1 aromatic carbocycles. The quantitative estimate of drug-likeness (QED) is 0.820. The Morgan fingerprint density at radius 2 is 2.00 bits per heavy atom. The van der Waals surface area contributed by atoms with Gasteiger partial charge in [0.2, 0.25) is 0 Å². The zero-order chi connectivity index (χ0) is 12.8. The van der Waals surface area contributed by atoms with Crippen molar-refractivity contribution in [1.82, 2.24) is 4.90 Å². The van der Waals surface area contributed by atoms with Crippen LogP contribution in [0.3, 0.4) is 0 Å². The van der Waals surface area contributed by atoms with Crippen LogP contribution in [0.1, 0.15) is 13.8 Å². The number of anilines is 1. The van der Waals surface area contributed by atoms with E-state index < -0.39 is 10.8 Å². The predicted molar refractivity (Wildman–Crippen MR) is 77.6 cm³/mol. The SMILES string of the molecule is CCN(CC)CCS(=O)c1ccc(N)cc1Br. The number of nitrogen functional groups attached to an aromatic ring is 1. The monoisotopic (exact) mass is 318 g/mol. The Labute approximate surface area is 114 Å². The predicted octanol–water partition coefficient (Wildman–Crippen LogP) is 2.48. The fourth-order valence-electron chi connectivity index (χ4n) is 1.56. The van der Waals surface area contributed by atoms with Crippen LogP contribution >= 0.6 is 15.9 Å². The third-order valence-corrected chi connectivity index (χ3v) is 5.01. The molecule has 1 unspecified atom stereocenters. The van der Waals surface area contributed by atoms with Crippen LogP contribution < -0.4 is 5.73 Å². The molecule has 0 aliphatic rings. The molecule has 3 nitrogen and oxygen atoms in total. The second kappa shape index (κ2) is 7.13. The summed E-state index contributed by atoms with van der Waals surface area (Å²) in [5, 5.41) is 0. The van der Waals surface area contributed by atoms with Gasteiger partial charge in [0.15, 0.2) is 0 Å². The molecule has 0 saturated heterocycles. The molecular formula is C12H19BrN2OS. The molecule has 0 aliphatic carbocycles. The van der Waals surface area contributed by atoms with E-state index in [1.54, 1.807) is 12.1 Å². The third-order valence-electron chi connectivity index (χ3n) is 2.69. The van der Waals surface area contributed by atoms with Crippen LogP contribution in [0, 0.1) is 0 Å². The number of halogens is 1. The zero-order valence-electron chi connectivity index (χ0n) is 10.3. The first kappa shape index (κ1) is 14.7. The molecule has 0 saturated carbocycles. The van der Waals surface area contributed by atoms with E-state index in [9.17, 15) is 4.21 Å². The van der Waals surface area contributed by atoms with E-state index in [4.69, 9.17) is 5.73 Å². The molecule has 0 aliphatic heterocycles. The lowest BCUT2D eigenvalue weighted by Gasteiger charge is -2.17. The van der Waals surface area contributed by atoms with Crippen LogP contribution in [0.25, 0.3) is 0 Å². The Bertz CT molecular complexity index is 394. The van der Waals surface area contributed by atoms with Gasteiger partial charge in [0.1, 0.15) is 0 Å². The summed E-state index contributed by atoms with van der Waals surface area (Å²) in [6.07, 6.45) is 0. The van der Waals surface area contributed by atoms with Crippen molar-refractivity contribution >= 4 is 32.4 Å². The fraction of sp³-hybridized carbons (Fsp3) is 0.500. The van der Waals surface area contributed by atoms with Gasteiger partial charge in [-0.05, 0) is 47.2 Å². The zero-order valence-corrected chi connectivity index (χ0v) is 12.7. The van der Waals surface area contributed by atoms with Crippen LogP contribution in [0.5, 0.6) is 0 Å². The van der Waals surface area contributed by atoms with Crippen LogP contribution in [0.4, 0.5) is 5.69 Å². The summed E-state index contributed by atoms with van der Waals surface area (Å²) in [5.74, 6) is 0.657. The van der Waals surface area contributed by atoms with E-state index in [-0.39, 0.29) is 0 Å². The molecule has 1 aromatic rings. The molecule has 0 amide bonds. The summed E-state index contributed by atoms with van der Waals surface area (Å²) in [5.41, 5.74) is 6.34. The average Bonchev–Trinajstić information content (AvgIpc) is 2.30. The Hall–Kier alpha value is -0.390. The summed E-state index contributed by atoms with van der Waals surface area (Å²) in [4.78, 5) is 3.09.